The first kappa shape index (κ1) is 15.8. The summed E-state index contributed by atoms with van der Waals surface area (Å²) >= 11 is 0. The zero-order valence-electron chi connectivity index (χ0n) is 4.10. The molecule has 7 heteroatoms. The van der Waals surface area contributed by atoms with E-state index in [1.54, 1.807) is 0 Å². The van der Waals surface area contributed by atoms with Crippen molar-refractivity contribution < 1.29 is 51.9 Å². The van der Waals surface area contributed by atoms with Gasteiger partial charge in [0.05, 0.1) is 0 Å². The molecule has 8 heavy (non-hydrogen) atoms. The smallest absolute Gasteiger partial charge is 0.545 e. The van der Waals surface area contributed by atoms with E-state index in [1.807, 2.05) is 0 Å². The molecule has 0 aliphatic rings. The van der Waals surface area contributed by atoms with E-state index in [1.165, 1.54) is 0 Å². The maximum Gasteiger partial charge on any atom is 1.00 e. The van der Waals surface area contributed by atoms with Crippen molar-refractivity contribution in [2.45, 2.75) is 0 Å². The predicted molar refractivity (Wildman–Crippen MR) is 20.9 cm³/mol. The minimum atomic E-state index is -4.67. The van der Waals surface area contributed by atoms with Gasteiger partial charge in [0.25, 0.3) is 0 Å². The quantitative estimate of drug-likeness (QED) is 0.159. The Labute approximate surface area is 69.0 Å². The summed E-state index contributed by atoms with van der Waals surface area (Å²) in [7, 11) is -4.67. The Morgan fingerprint density at radius 3 is 1.12 bits per heavy atom. The summed E-state index contributed by atoms with van der Waals surface area (Å²) < 4.78 is 31.6. The van der Waals surface area contributed by atoms with Crippen molar-refractivity contribution in [3.8, 4) is 0 Å². The van der Waals surface area contributed by atoms with Crippen molar-refractivity contribution in [2.24, 2.45) is 0 Å². The summed E-state index contributed by atoms with van der Waals surface area (Å²) in [5, 5.41) is 0. The van der Waals surface area contributed by atoms with Crippen LogP contribution < -0.4 is 29.6 Å². The van der Waals surface area contributed by atoms with Gasteiger partial charge in [-0.2, -0.15) is 8.42 Å². The van der Waals surface area contributed by atoms with Crippen molar-refractivity contribution >= 4 is 17.2 Å². The molecule has 0 rings (SSSR count). The first-order chi connectivity index (χ1) is 3.00. The van der Waals surface area contributed by atoms with Crippen LogP contribution in [0.2, 0.25) is 0 Å². The van der Waals surface area contributed by atoms with Crippen LogP contribution in [-0.2, 0) is 15.2 Å². The standard InChI is InChI=1S/CHO.Na.H2O4S/c1-2;;1-5(2,3)4/h1H;;(H2,1,2,3,4)/q-1;+1;. The monoisotopic (exact) mass is 150 g/mol. The molecule has 44 valence electrons. The SMILES string of the molecule is O=S(=O)(O)O.[CH-]=O.[Na+]. The minimum Gasteiger partial charge on any atom is -0.545 e. The molecule has 0 amide bonds. The third kappa shape index (κ3) is 688. The fourth-order valence-corrected chi connectivity index (χ4v) is 0. The van der Waals surface area contributed by atoms with Crippen LogP contribution in [0.4, 0.5) is 0 Å². The maximum absolute atomic E-state index is 8.74. The van der Waals surface area contributed by atoms with Gasteiger partial charge in [-0.15, -0.1) is 0 Å². The maximum atomic E-state index is 8.74. The van der Waals surface area contributed by atoms with E-state index in [4.69, 9.17) is 22.3 Å². The predicted octanol–water partition coefficient (Wildman–Crippen LogP) is -3.92. The van der Waals surface area contributed by atoms with Gasteiger partial charge in [-0.25, -0.2) is 0 Å². The molecule has 0 aromatic carbocycles. The number of hydrogen-bond donors (Lipinski definition) is 2. The molecule has 0 heterocycles. The van der Waals surface area contributed by atoms with Crippen molar-refractivity contribution in [2.75, 3.05) is 0 Å². The Balaban J connectivity index is -0.0000000750. The molecule has 0 unspecified atom stereocenters. The molecule has 0 aromatic rings. The molecule has 0 spiro atoms. The summed E-state index contributed by atoms with van der Waals surface area (Å²) in [4.78, 5) is 7.75. The van der Waals surface area contributed by atoms with Gasteiger partial charge in [0.1, 0.15) is 0 Å². The Hall–Kier alpha value is 0.540. The van der Waals surface area contributed by atoms with E-state index in [-0.39, 0.29) is 29.6 Å². The average molecular weight is 150 g/mol. The fraction of sp³-hybridized carbons (Fsp3) is 0. The van der Waals surface area contributed by atoms with Crippen molar-refractivity contribution in [1.29, 1.82) is 0 Å². The molecule has 0 aromatic heterocycles. The minimum absolute atomic E-state index is 0. The van der Waals surface area contributed by atoms with E-state index < -0.39 is 10.4 Å². The molecule has 2 N–H and O–H groups in total. The van der Waals surface area contributed by atoms with E-state index in [0.717, 1.165) is 0 Å². The van der Waals surface area contributed by atoms with Gasteiger partial charge in [0.2, 0.25) is 0 Å². The van der Waals surface area contributed by atoms with Crippen molar-refractivity contribution in [1.82, 2.24) is 0 Å². The van der Waals surface area contributed by atoms with Crippen molar-refractivity contribution in [3.63, 3.8) is 0 Å². The zero-order valence-corrected chi connectivity index (χ0v) is 6.92. The molecule has 0 radical (unpaired) electrons. The Bertz CT molecular complexity index is 106. The number of hydrogen-bond acceptors (Lipinski definition) is 3. The zero-order chi connectivity index (χ0) is 6.50. The second-order valence-corrected chi connectivity index (χ2v) is 1.34. The summed E-state index contributed by atoms with van der Waals surface area (Å²) in [6.07, 6.45) is 0. The molecule has 5 nitrogen and oxygen atoms in total. The Morgan fingerprint density at radius 1 is 1.12 bits per heavy atom. The molecule has 0 saturated heterocycles. The van der Waals surface area contributed by atoms with Crippen LogP contribution in [0.5, 0.6) is 0 Å². The molecule has 0 atom stereocenters. The molecule has 0 fully saturated rings. The van der Waals surface area contributed by atoms with E-state index >= 15 is 0 Å². The number of carbonyl (C=O) groups excluding carboxylic acids is 1. The van der Waals surface area contributed by atoms with Crippen LogP contribution in [0.1, 0.15) is 0 Å². The molecular formula is CH3NaO5S. The third-order valence-electron chi connectivity index (χ3n) is 0. The number of rotatable bonds is 0. The van der Waals surface area contributed by atoms with Gasteiger partial charge in [-0.1, -0.05) is 0 Å². The summed E-state index contributed by atoms with van der Waals surface area (Å²) in [5.74, 6) is 0. The van der Waals surface area contributed by atoms with E-state index in [0.29, 0.717) is 0 Å². The Morgan fingerprint density at radius 2 is 1.12 bits per heavy atom. The normalized spacial score (nSPS) is 7.75. The van der Waals surface area contributed by atoms with Gasteiger partial charge in [-0.05, 0) is 0 Å². The first-order valence-corrected chi connectivity index (χ1v) is 2.33. The molecular weight excluding hydrogens is 147 g/mol. The second kappa shape index (κ2) is 7.54. The van der Waals surface area contributed by atoms with Crippen molar-refractivity contribution in [3.05, 3.63) is 0 Å². The second-order valence-electron chi connectivity index (χ2n) is 0.448. The summed E-state index contributed by atoms with van der Waals surface area (Å²) in [5.41, 5.74) is 0. The average Bonchev–Trinajstić information content (AvgIpc) is 1.36. The first-order valence-electron chi connectivity index (χ1n) is 0.934. The fourth-order valence-electron chi connectivity index (χ4n) is 0. The van der Waals surface area contributed by atoms with Crippen LogP contribution in [-0.4, -0.2) is 24.3 Å². The third-order valence-corrected chi connectivity index (χ3v) is 0. The van der Waals surface area contributed by atoms with Crippen LogP contribution in [0.3, 0.4) is 0 Å². The van der Waals surface area contributed by atoms with Gasteiger partial charge in [0.15, 0.2) is 0 Å². The molecule has 0 bridgehead atoms. The van der Waals surface area contributed by atoms with Crippen LogP contribution >= 0.6 is 0 Å². The topological polar surface area (TPSA) is 91.7 Å². The van der Waals surface area contributed by atoms with E-state index in [2.05, 4.69) is 6.79 Å². The summed E-state index contributed by atoms with van der Waals surface area (Å²) in [6, 6.07) is 0. The van der Waals surface area contributed by atoms with Crippen LogP contribution in [0, 0.1) is 0 Å². The van der Waals surface area contributed by atoms with Crippen LogP contribution in [0.25, 0.3) is 0 Å². The molecule has 0 aliphatic carbocycles. The summed E-state index contributed by atoms with van der Waals surface area (Å²) in [6.45, 7) is 3.25. The van der Waals surface area contributed by atoms with Gasteiger partial charge in [-0.3, -0.25) is 15.9 Å². The van der Waals surface area contributed by atoms with E-state index in [9.17, 15) is 0 Å². The van der Waals surface area contributed by atoms with Gasteiger partial charge >= 0.3 is 40.0 Å². The molecule has 0 saturated carbocycles. The largest absolute Gasteiger partial charge is 1.00 e. The van der Waals surface area contributed by atoms with Gasteiger partial charge in [0, 0.05) is 0 Å². The van der Waals surface area contributed by atoms with Gasteiger partial charge < -0.3 is 4.79 Å². The Kier molecular flexibility index (Phi) is 14.9. The molecule has 0 aliphatic heterocycles. The van der Waals surface area contributed by atoms with Crippen LogP contribution in [0.15, 0.2) is 0 Å².